The number of ether oxygens (including phenoxy) is 1. The number of carbonyl (C=O) groups excluding carboxylic acids is 2. The Morgan fingerprint density at radius 2 is 1.64 bits per heavy atom. The molecule has 0 radical (unpaired) electrons. The monoisotopic (exact) mass is 452 g/mol. The second-order valence-electron chi connectivity index (χ2n) is 8.74. The molecule has 0 bridgehead atoms. The van der Waals surface area contributed by atoms with Gasteiger partial charge in [0.2, 0.25) is 0 Å². The number of carbonyl (C=O) groups is 2. The number of methoxy groups -OCH3 is 1. The highest BCUT2D eigenvalue weighted by atomic mass is 16.5. The molecular weight excluding hydrogens is 416 g/mol. The van der Waals surface area contributed by atoms with Gasteiger partial charge in [-0.1, -0.05) is 26.0 Å². The molecule has 178 valence electrons. The lowest BCUT2D eigenvalue weighted by molar-refractivity contribution is 0.0949. The largest absolute Gasteiger partial charge is 0.385 e. The number of anilines is 3. The van der Waals surface area contributed by atoms with Gasteiger partial charge in [0, 0.05) is 50.4 Å². The van der Waals surface area contributed by atoms with Crippen LogP contribution in [0, 0.1) is 0 Å². The standard InChI is InChI=1S/C26H36N4O3/c1-19(2)20-8-10-21(11-9-20)28-26(32)29-22-12-13-24(30-15-5-4-6-16-30)23(18-22)25(31)27-14-7-17-33-3/h8-13,18-19H,4-7,14-17H2,1-3H3,(H,27,31)(H2,28,29,32). The lowest BCUT2D eigenvalue weighted by atomic mass is 10.0. The molecule has 0 atom stereocenters. The Labute approximate surface area is 196 Å². The van der Waals surface area contributed by atoms with E-state index < -0.39 is 0 Å². The van der Waals surface area contributed by atoms with Crippen LogP contribution in [0.5, 0.6) is 0 Å². The first kappa shape index (κ1) is 24.6. The number of nitrogens with zero attached hydrogens (tertiary/aromatic N) is 1. The molecule has 33 heavy (non-hydrogen) atoms. The second kappa shape index (κ2) is 12.3. The highest BCUT2D eigenvalue weighted by Gasteiger charge is 2.19. The van der Waals surface area contributed by atoms with Crippen LogP contribution in [-0.4, -0.2) is 45.3 Å². The first-order valence-corrected chi connectivity index (χ1v) is 11.8. The second-order valence-corrected chi connectivity index (χ2v) is 8.74. The van der Waals surface area contributed by atoms with Gasteiger partial charge < -0.3 is 25.6 Å². The maximum Gasteiger partial charge on any atom is 0.323 e. The molecule has 1 aliphatic heterocycles. The van der Waals surface area contributed by atoms with E-state index >= 15 is 0 Å². The molecule has 3 rings (SSSR count). The Bertz CT molecular complexity index is 922. The molecule has 0 saturated carbocycles. The highest BCUT2D eigenvalue weighted by Crippen LogP contribution is 2.27. The minimum atomic E-state index is -0.343. The van der Waals surface area contributed by atoms with Gasteiger partial charge in [0.25, 0.3) is 5.91 Å². The van der Waals surface area contributed by atoms with Crippen LogP contribution in [-0.2, 0) is 4.74 Å². The summed E-state index contributed by atoms with van der Waals surface area (Å²) < 4.78 is 5.06. The minimum Gasteiger partial charge on any atom is -0.385 e. The maximum absolute atomic E-state index is 13.0. The van der Waals surface area contributed by atoms with Crippen molar-refractivity contribution >= 4 is 29.0 Å². The van der Waals surface area contributed by atoms with E-state index in [-0.39, 0.29) is 11.9 Å². The fraction of sp³-hybridized carbons (Fsp3) is 0.462. The van der Waals surface area contributed by atoms with Crippen molar-refractivity contribution < 1.29 is 14.3 Å². The molecule has 3 amide bonds. The average molecular weight is 453 g/mol. The quantitative estimate of drug-likeness (QED) is 0.456. The number of piperidine rings is 1. The predicted molar refractivity (Wildman–Crippen MR) is 135 cm³/mol. The van der Waals surface area contributed by atoms with E-state index in [1.54, 1.807) is 13.2 Å². The van der Waals surface area contributed by atoms with Crippen LogP contribution in [0.15, 0.2) is 42.5 Å². The molecule has 0 spiro atoms. The molecule has 0 aliphatic carbocycles. The van der Waals surface area contributed by atoms with Gasteiger partial charge in [-0.3, -0.25) is 4.79 Å². The van der Waals surface area contributed by atoms with Crippen molar-refractivity contribution in [3.05, 3.63) is 53.6 Å². The van der Waals surface area contributed by atoms with E-state index in [0.29, 0.717) is 30.3 Å². The zero-order chi connectivity index (χ0) is 23.6. The third-order valence-electron chi connectivity index (χ3n) is 5.84. The van der Waals surface area contributed by atoms with Crippen molar-refractivity contribution in [1.82, 2.24) is 5.32 Å². The van der Waals surface area contributed by atoms with Gasteiger partial charge in [0.1, 0.15) is 0 Å². The zero-order valence-electron chi connectivity index (χ0n) is 19.9. The zero-order valence-corrected chi connectivity index (χ0v) is 19.9. The summed E-state index contributed by atoms with van der Waals surface area (Å²) >= 11 is 0. The topological polar surface area (TPSA) is 82.7 Å². The van der Waals surface area contributed by atoms with Gasteiger partial charge in [0.15, 0.2) is 0 Å². The molecule has 1 saturated heterocycles. The van der Waals surface area contributed by atoms with Gasteiger partial charge in [-0.15, -0.1) is 0 Å². The Hall–Kier alpha value is -3.06. The van der Waals surface area contributed by atoms with Crippen LogP contribution >= 0.6 is 0 Å². The normalized spacial score (nSPS) is 13.6. The van der Waals surface area contributed by atoms with E-state index in [1.807, 2.05) is 36.4 Å². The van der Waals surface area contributed by atoms with Crippen LogP contribution in [0.4, 0.5) is 21.9 Å². The number of nitrogens with one attached hydrogen (secondary N) is 3. The van der Waals surface area contributed by atoms with Crippen LogP contribution in [0.25, 0.3) is 0 Å². The summed E-state index contributed by atoms with van der Waals surface area (Å²) in [6.07, 6.45) is 4.20. The number of benzene rings is 2. The Morgan fingerprint density at radius 1 is 0.970 bits per heavy atom. The Kier molecular flexibility index (Phi) is 9.13. The molecule has 7 nitrogen and oxygen atoms in total. The molecule has 0 aromatic heterocycles. The third-order valence-corrected chi connectivity index (χ3v) is 5.84. The van der Waals surface area contributed by atoms with Crippen molar-refractivity contribution in [2.45, 2.75) is 45.4 Å². The SMILES string of the molecule is COCCCNC(=O)c1cc(NC(=O)Nc2ccc(C(C)C)cc2)ccc1N1CCCCC1. The predicted octanol–water partition coefficient (Wildman–Crippen LogP) is 5.21. The Balaban J connectivity index is 1.71. The summed E-state index contributed by atoms with van der Waals surface area (Å²) in [5, 5.41) is 8.69. The summed E-state index contributed by atoms with van der Waals surface area (Å²) in [4.78, 5) is 27.8. The fourth-order valence-corrected chi connectivity index (χ4v) is 3.96. The number of hydrogen-bond acceptors (Lipinski definition) is 4. The number of amides is 3. The fourth-order valence-electron chi connectivity index (χ4n) is 3.96. The van der Waals surface area contributed by atoms with Crippen LogP contribution in [0.3, 0.4) is 0 Å². The third kappa shape index (κ3) is 7.22. The summed E-state index contributed by atoms with van der Waals surface area (Å²) in [6, 6.07) is 13.0. The van der Waals surface area contributed by atoms with Gasteiger partial charge in [-0.25, -0.2) is 4.79 Å². The van der Waals surface area contributed by atoms with Crippen molar-refractivity contribution in [3.8, 4) is 0 Å². The van der Waals surface area contributed by atoms with E-state index in [4.69, 9.17) is 4.74 Å². The molecule has 1 heterocycles. The smallest absolute Gasteiger partial charge is 0.323 e. The number of rotatable bonds is 9. The van der Waals surface area contributed by atoms with Crippen molar-refractivity contribution in [3.63, 3.8) is 0 Å². The Morgan fingerprint density at radius 3 is 2.30 bits per heavy atom. The van der Waals surface area contributed by atoms with Gasteiger partial charge >= 0.3 is 6.03 Å². The van der Waals surface area contributed by atoms with Crippen molar-refractivity contribution in [1.29, 1.82) is 0 Å². The minimum absolute atomic E-state index is 0.139. The number of hydrogen-bond donors (Lipinski definition) is 3. The van der Waals surface area contributed by atoms with Crippen LogP contribution in [0.1, 0.15) is 61.4 Å². The van der Waals surface area contributed by atoms with Gasteiger partial charge in [0.05, 0.1) is 5.56 Å². The maximum atomic E-state index is 13.0. The number of urea groups is 1. The lowest BCUT2D eigenvalue weighted by Gasteiger charge is -2.30. The van der Waals surface area contributed by atoms with E-state index in [9.17, 15) is 9.59 Å². The molecule has 2 aromatic rings. The molecule has 0 unspecified atom stereocenters. The molecule has 1 fully saturated rings. The van der Waals surface area contributed by atoms with E-state index in [1.165, 1.54) is 12.0 Å². The van der Waals surface area contributed by atoms with Crippen LogP contribution < -0.4 is 20.9 Å². The van der Waals surface area contributed by atoms with Crippen molar-refractivity contribution in [2.75, 3.05) is 48.9 Å². The summed E-state index contributed by atoms with van der Waals surface area (Å²) in [7, 11) is 1.65. The molecule has 1 aliphatic rings. The van der Waals surface area contributed by atoms with Gasteiger partial charge in [-0.05, 0) is 67.5 Å². The lowest BCUT2D eigenvalue weighted by Crippen LogP contribution is -2.33. The molecule has 3 N–H and O–H groups in total. The summed E-state index contributed by atoms with van der Waals surface area (Å²) in [5.41, 5.74) is 4.00. The first-order valence-electron chi connectivity index (χ1n) is 11.8. The summed E-state index contributed by atoms with van der Waals surface area (Å²) in [5.74, 6) is 0.297. The van der Waals surface area contributed by atoms with E-state index in [2.05, 4.69) is 34.7 Å². The average Bonchev–Trinajstić information content (AvgIpc) is 2.82. The van der Waals surface area contributed by atoms with E-state index in [0.717, 1.165) is 43.7 Å². The molecular formula is C26H36N4O3. The highest BCUT2D eigenvalue weighted by molar-refractivity contribution is 6.04. The molecule has 7 heteroatoms. The van der Waals surface area contributed by atoms with Crippen LogP contribution in [0.2, 0.25) is 0 Å². The first-order chi connectivity index (χ1) is 16.0. The summed E-state index contributed by atoms with van der Waals surface area (Å²) in [6.45, 7) is 7.27. The van der Waals surface area contributed by atoms with Crippen molar-refractivity contribution in [2.24, 2.45) is 0 Å². The molecule has 2 aromatic carbocycles. The van der Waals surface area contributed by atoms with Gasteiger partial charge in [-0.2, -0.15) is 0 Å².